The Morgan fingerprint density at radius 2 is 1.60 bits per heavy atom. The number of fused-ring (bicyclic) bond motifs is 4. The van der Waals surface area contributed by atoms with E-state index in [4.69, 9.17) is 4.98 Å². The Kier molecular flexibility index (Phi) is 6.70. The van der Waals surface area contributed by atoms with Crippen LogP contribution in [0.1, 0.15) is 57.5 Å². The van der Waals surface area contributed by atoms with Gasteiger partial charge >= 0.3 is 0 Å². The van der Waals surface area contributed by atoms with E-state index in [1.165, 1.54) is 17.4 Å². The van der Waals surface area contributed by atoms with Crippen LogP contribution in [0.25, 0.3) is 16.6 Å². The summed E-state index contributed by atoms with van der Waals surface area (Å²) in [7, 11) is 0. The predicted molar refractivity (Wildman–Crippen MR) is 164 cm³/mol. The highest BCUT2D eigenvalue weighted by atomic mass is 32.1. The van der Waals surface area contributed by atoms with Crippen molar-refractivity contribution in [3.05, 3.63) is 142 Å². The minimum absolute atomic E-state index is 0.0949. The molecule has 0 atom stereocenters. The normalized spacial score (nSPS) is 15.2. The van der Waals surface area contributed by atoms with Crippen molar-refractivity contribution in [3.8, 4) is 10.6 Å². The quantitative estimate of drug-likeness (QED) is 0.131. The van der Waals surface area contributed by atoms with E-state index in [9.17, 15) is 18.4 Å². The molecule has 0 amide bonds. The van der Waals surface area contributed by atoms with E-state index in [-0.39, 0.29) is 16.7 Å². The summed E-state index contributed by atoms with van der Waals surface area (Å²) in [6.07, 6.45) is 11.0. The van der Waals surface area contributed by atoms with E-state index < -0.39 is 28.6 Å². The zero-order valence-corrected chi connectivity index (χ0v) is 24.1. The van der Waals surface area contributed by atoms with Gasteiger partial charge in [-0.25, -0.2) is 8.78 Å². The van der Waals surface area contributed by atoms with Crippen LogP contribution in [-0.2, 0) is 5.41 Å². The molecule has 0 aliphatic heterocycles. The summed E-state index contributed by atoms with van der Waals surface area (Å²) in [5.74, 6) is -3.51. The highest BCUT2D eigenvalue weighted by Gasteiger charge is 2.40. The van der Waals surface area contributed by atoms with Crippen LogP contribution in [0.4, 0.5) is 20.2 Å². The first-order valence-electron chi connectivity index (χ1n) is 13.4. The molecule has 0 fully saturated rings. The third-order valence-corrected chi connectivity index (χ3v) is 8.81. The molecule has 6 rings (SSSR count). The van der Waals surface area contributed by atoms with Crippen LogP contribution in [0, 0.1) is 11.6 Å². The maximum atomic E-state index is 13.8. The number of Topliss-reactive ketones (excluding diaryl/α,β-unsaturated/α-hetero) is 2. The number of nitrogens with zero attached hydrogens (tertiary/aromatic N) is 2. The molecule has 7 heteroatoms. The monoisotopic (exact) mass is 576 g/mol. The second-order valence-electron chi connectivity index (χ2n) is 10.7. The van der Waals surface area contributed by atoms with Gasteiger partial charge in [-0.05, 0) is 66.6 Å². The fourth-order valence-electron chi connectivity index (χ4n) is 5.57. The molecular weight excluding hydrogens is 550 g/mol. The lowest BCUT2D eigenvalue weighted by molar-refractivity contribution is 0.0990. The minimum Gasteiger partial charge on any atom is -0.313 e. The minimum atomic E-state index is -1.15. The molecule has 0 bridgehead atoms. The first-order valence-corrected chi connectivity index (χ1v) is 14.2. The van der Waals surface area contributed by atoms with Gasteiger partial charge in [-0.1, -0.05) is 56.9 Å². The van der Waals surface area contributed by atoms with Gasteiger partial charge in [-0.2, -0.15) is 0 Å². The Bertz CT molecular complexity index is 1850. The highest BCUT2D eigenvalue weighted by molar-refractivity contribution is 7.16. The first kappa shape index (κ1) is 27.4. The molecule has 0 radical (unpaired) electrons. The van der Waals surface area contributed by atoms with Crippen LogP contribution in [0.15, 0.2) is 103 Å². The third-order valence-electron chi connectivity index (χ3n) is 7.72. The van der Waals surface area contributed by atoms with E-state index in [1.807, 2.05) is 55.6 Å². The van der Waals surface area contributed by atoms with Gasteiger partial charge in [0, 0.05) is 32.8 Å². The SMILES string of the molecule is C=C/C=C\C=C(/C)N(c1ccccc1)c1cnc2c(c1)C(C)(C)c1cc(C=C3C(=O)c4cc(F)c(F)cc4C3=O)sc1-2. The van der Waals surface area contributed by atoms with Crippen molar-refractivity contribution >= 4 is 40.4 Å². The summed E-state index contributed by atoms with van der Waals surface area (Å²) in [6, 6.07) is 15.8. The molecule has 0 N–H and O–H groups in total. The second kappa shape index (κ2) is 10.3. The Morgan fingerprint density at radius 1 is 0.929 bits per heavy atom. The summed E-state index contributed by atoms with van der Waals surface area (Å²) in [6.45, 7) is 10.0. The van der Waals surface area contributed by atoms with Crippen LogP contribution in [0.5, 0.6) is 0 Å². The van der Waals surface area contributed by atoms with Crippen molar-refractivity contribution in [2.75, 3.05) is 4.90 Å². The second-order valence-corrected chi connectivity index (χ2v) is 11.8. The Morgan fingerprint density at radius 3 is 2.24 bits per heavy atom. The van der Waals surface area contributed by atoms with Gasteiger partial charge in [0.2, 0.25) is 0 Å². The van der Waals surface area contributed by atoms with Crippen molar-refractivity contribution < 1.29 is 18.4 Å². The molecule has 2 heterocycles. The van der Waals surface area contributed by atoms with Crippen molar-refractivity contribution in [1.82, 2.24) is 4.98 Å². The fourth-order valence-corrected chi connectivity index (χ4v) is 6.84. The van der Waals surface area contributed by atoms with Gasteiger partial charge in [0.1, 0.15) is 0 Å². The average molecular weight is 577 g/mol. The molecule has 208 valence electrons. The van der Waals surface area contributed by atoms with Crippen molar-refractivity contribution in [1.29, 1.82) is 0 Å². The Hall–Kier alpha value is -4.75. The smallest absolute Gasteiger partial charge is 0.197 e. The molecule has 0 saturated heterocycles. The van der Waals surface area contributed by atoms with Gasteiger partial charge in [0.05, 0.1) is 28.0 Å². The number of para-hydroxylation sites is 1. The van der Waals surface area contributed by atoms with Crippen molar-refractivity contribution in [2.24, 2.45) is 0 Å². The number of halogens is 2. The standard InChI is InChI=1S/C35H26F2N2O2S/c1-5-6-8-11-20(2)39(21-12-9-7-10-13-21)22-14-27-31(38-19-22)34-28(35(27,3)4)16-23(42-34)15-26-32(40)24-17-29(36)30(37)18-25(24)33(26)41/h5-19H,1H2,2-4H3/b8-6-,20-11+. The Balaban J connectivity index is 1.39. The predicted octanol–water partition coefficient (Wildman–Crippen LogP) is 8.97. The number of pyridine rings is 1. The van der Waals surface area contributed by atoms with Crippen LogP contribution in [-0.4, -0.2) is 16.6 Å². The maximum Gasteiger partial charge on any atom is 0.197 e. The van der Waals surface area contributed by atoms with E-state index in [1.54, 1.807) is 6.08 Å². The summed E-state index contributed by atoms with van der Waals surface area (Å²) >= 11 is 1.44. The number of hydrogen-bond donors (Lipinski definition) is 0. The van der Waals surface area contributed by atoms with E-state index >= 15 is 0 Å². The first-order chi connectivity index (χ1) is 20.1. The number of anilines is 2. The van der Waals surface area contributed by atoms with Gasteiger partial charge < -0.3 is 4.90 Å². The molecule has 0 spiro atoms. The summed E-state index contributed by atoms with van der Waals surface area (Å²) < 4.78 is 27.6. The number of benzene rings is 2. The highest BCUT2D eigenvalue weighted by Crippen LogP contribution is 2.53. The molecule has 2 aliphatic rings. The fraction of sp³-hybridized carbons (Fsp3) is 0.114. The number of hydrogen-bond acceptors (Lipinski definition) is 5. The van der Waals surface area contributed by atoms with Gasteiger partial charge in [0.15, 0.2) is 23.2 Å². The van der Waals surface area contributed by atoms with Gasteiger partial charge in [-0.15, -0.1) is 11.3 Å². The van der Waals surface area contributed by atoms with E-state index in [0.29, 0.717) is 4.88 Å². The van der Waals surface area contributed by atoms with Crippen LogP contribution in [0.2, 0.25) is 0 Å². The molecule has 2 aliphatic carbocycles. The lowest BCUT2D eigenvalue weighted by atomic mass is 9.83. The summed E-state index contributed by atoms with van der Waals surface area (Å²) in [4.78, 5) is 34.6. The van der Waals surface area contributed by atoms with Crippen LogP contribution >= 0.6 is 11.3 Å². The maximum absolute atomic E-state index is 13.8. The molecule has 4 nitrogen and oxygen atoms in total. The van der Waals surface area contributed by atoms with Crippen molar-refractivity contribution in [2.45, 2.75) is 26.2 Å². The average Bonchev–Trinajstić information content (AvgIpc) is 3.56. The topological polar surface area (TPSA) is 50.3 Å². The molecule has 0 unspecified atom stereocenters. The molecular formula is C35H26F2N2O2S. The lowest BCUT2D eigenvalue weighted by Gasteiger charge is -2.27. The number of ketones is 2. The summed E-state index contributed by atoms with van der Waals surface area (Å²) in [5.41, 5.74) is 5.18. The lowest BCUT2D eigenvalue weighted by Crippen LogP contribution is -2.18. The van der Waals surface area contributed by atoms with Crippen molar-refractivity contribution in [3.63, 3.8) is 0 Å². The zero-order valence-electron chi connectivity index (χ0n) is 23.2. The molecule has 0 saturated carbocycles. The number of carbonyl (C=O) groups is 2. The summed E-state index contributed by atoms with van der Waals surface area (Å²) in [5, 5.41) is 0. The zero-order chi connectivity index (χ0) is 29.8. The van der Waals surface area contributed by atoms with E-state index in [0.717, 1.165) is 50.9 Å². The number of aromatic nitrogens is 1. The number of rotatable bonds is 6. The van der Waals surface area contributed by atoms with E-state index in [2.05, 4.69) is 43.5 Å². The van der Waals surface area contributed by atoms with Gasteiger partial charge in [-0.3, -0.25) is 14.6 Å². The van der Waals surface area contributed by atoms with Crippen LogP contribution in [0.3, 0.4) is 0 Å². The third kappa shape index (κ3) is 4.37. The number of thiophene rings is 1. The largest absolute Gasteiger partial charge is 0.313 e. The van der Waals surface area contributed by atoms with Gasteiger partial charge in [0.25, 0.3) is 0 Å². The number of allylic oxidation sites excluding steroid dienone is 6. The Labute approximate surface area is 246 Å². The molecule has 2 aromatic carbocycles. The van der Waals surface area contributed by atoms with Crippen LogP contribution < -0.4 is 4.90 Å². The molecule has 2 aromatic heterocycles. The molecule has 4 aromatic rings. The molecule has 42 heavy (non-hydrogen) atoms. The number of carbonyl (C=O) groups excluding carboxylic acids is 2.